The third-order valence-electron chi connectivity index (χ3n) is 1.92. The van der Waals surface area contributed by atoms with Gasteiger partial charge in [0.25, 0.3) is 5.91 Å². The summed E-state index contributed by atoms with van der Waals surface area (Å²) in [5, 5.41) is 10.1. The molecule has 0 aliphatic rings. The fraction of sp³-hybridized carbons (Fsp3) is 0.273. The van der Waals surface area contributed by atoms with Gasteiger partial charge in [0.05, 0.1) is 5.56 Å². The van der Waals surface area contributed by atoms with E-state index in [-0.39, 0.29) is 11.3 Å². The van der Waals surface area contributed by atoms with Crippen LogP contribution in [0.2, 0.25) is 0 Å². The molecule has 0 aromatic heterocycles. The molecule has 1 aromatic rings. The van der Waals surface area contributed by atoms with Gasteiger partial charge in [-0.2, -0.15) is 18.4 Å². The molecular formula is C11H8F4N2O2. The van der Waals surface area contributed by atoms with Crippen LogP contribution in [-0.4, -0.2) is 25.2 Å². The minimum Gasteiger partial charge on any atom is -0.484 e. The summed E-state index contributed by atoms with van der Waals surface area (Å²) in [5.41, 5.74) is -0.200. The maximum atomic E-state index is 13.1. The average Bonchev–Trinajstić information content (AvgIpc) is 2.33. The minimum absolute atomic E-state index is 0.0568. The van der Waals surface area contributed by atoms with E-state index in [2.05, 4.69) is 0 Å². The van der Waals surface area contributed by atoms with Crippen LogP contribution in [0.25, 0.3) is 0 Å². The van der Waals surface area contributed by atoms with Crippen molar-refractivity contribution in [1.29, 1.82) is 5.26 Å². The number of rotatable bonds is 4. The first-order valence-corrected chi connectivity index (χ1v) is 4.98. The Labute approximate surface area is 105 Å². The smallest absolute Gasteiger partial charge is 0.405 e. The van der Waals surface area contributed by atoms with Gasteiger partial charge in [-0.1, -0.05) is 0 Å². The maximum absolute atomic E-state index is 13.1. The van der Waals surface area contributed by atoms with Crippen molar-refractivity contribution in [2.45, 2.75) is 6.18 Å². The Hall–Kier alpha value is -2.30. The van der Waals surface area contributed by atoms with Crippen molar-refractivity contribution >= 4 is 5.91 Å². The molecule has 1 N–H and O–H groups in total. The van der Waals surface area contributed by atoms with Crippen molar-refractivity contribution in [2.75, 3.05) is 13.2 Å². The first-order valence-electron chi connectivity index (χ1n) is 4.98. The van der Waals surface area contributed by atoms with E-state index in [1.165, 1.54) is 6.07 Å². The zero-order valence-electron chi connectivity index (χ0n) is 9.42. The van der Waals surface area contributed by atoms with E-state index in [4.69, 9.17) is 10.00 Å². The van der Waals surface area contributed by atoms with Crippen LogP contribution in [0.5, 0.6) is 5.75 Å². The number of alkyl halides is 3. The summed E-state index contributed by atoms with van der Waals surface area (Å²) in [6.07, 6.45) is -4.50. The number of amides is 1. The van der Waals surface area contributed by atoms with Gasteiger partial charge in [-0.15, -0.1) is 0 Å². The van der Waals surface area contributed by atoms with E-state index in [1.807, 2.05) is 0 Å². The first kappa shape index (κ1) is 14.8. The number of halogens is 4. The Kier molecular flexibility index (Phi) is 4.69. The Morgan fingerprint density at radius 3 is 2.63 bits per heavy atom. The fourth-order valence-corrected chi connectivity index (χ4v) is 1.08. The van der Waals surface area contributed by atoms with Gasteiger partial charge >= 0.3 is 6.18 Å². The zero-order valence-corrected chi connectivity index (χ0v) is 9.42. The average molecular weight is 276 g/mol. The predicted molar refractivity (Wildman–Crippen MR) is 55.7 cm³/mol. The Bertz CT molecular complexity index is 508. The van der Waals surface area contributed by atoms with Crippen molar-refractivity contribution in [3.8, 4) is 11.8 Å². The van der Waals surface area contributed by atoms with Gasteiger partial charge in [-0.3, -0.25) is 4.79 Å². The van der Waals surface area contributed by atoms with Gasteiger partial charge in [0.2, 0.25) is 0 Å². The Morgan fingerprint density at radius 1 is 1.42 bits per heavy atom. The summed E-state index contributed by atoms with van der Waals surface area (Å²) >= 11 is 0. The van der Waals surface area contributed by atoms with Gasteiger partial charge < -0.3 is 10.1 Å². The summed E-state index contributed by atoms with van der Waals surface area (Å²) < 4.78 is 53.3. The molecule has 1 amide bonds. The standard InChI is InChI=1S/C11H8F4N2O2/c12-9-3-8(2-1-7(9)4-16)19-5-10(18)17-6-11(13,14)15/h1-3H,5-6H2,(H,17,18). The number of benzene rings is 1. The normalized spacial score (nSPS) is 10.7. The number of carbonyl (C=O) groups excluding carboxylic acids is 1. The van der Waals surface area contributed by atoms with Crippen molar-refractivity contribution in [3.05, 3.63) is 29.6 Å². The highest BCUT2D eigenvalue weighted by Gasteiger charge is 2.27. The third kappa shape index (κ3) is 5.25. The highest BCUT2D eigenvalue weighted by atomic mass is 19.4. The number of nitrogens with one attached hydrogen (secondary N) is 1. The molecule has 1 rings (SSSR count). The van der Waals surface area contributed by atoms with Crippen LogP contribution in [0.3, 0.4) is 0 Å². The molecule has 102 valence electrons. The van der Waals surface area contributed by atoms with Gasteiger partial charge in [-0.05, 0) is 12.1 Å². The minimum atomic E-state index is -4.50. The second-order valence-corrected chi connectivity index (χ2v) is 3.43. The highest BCUT2D eigenvalue weighted by Crippen LogP contribution is 2.16. The van der Waals surface area contributed by atoms with E-state index in [1.54, 1.807) is 11.4 Å². The molecule has 0 atom stereocenters. The number of hydrogen-bond acceptors (Lipinski definition) is 3. The molecule has 0 fully saturated rings. The monoisotopic (exact) mass is 276 g/mol. The van der Waals surface area contributed by atoms with E-state index < -0.39 is 31.1 Å². The lowest BCUT2D eigenvalue weighted by atomic mass is 10.2. The van der Waals surface area contributed by atoms with Gasteiger partial charge in [-0.25, -0.2) is 4.39 Å². The molecular weight excluding hydrogens is 268 g/mol. The zero-order chi connectivity index (χ0) is 14.5. The molecule has 0 bridgehead atoms. The quantitative estimate of drug-likeness (QED) is 0.852. The molecule has 0 saturated heterocycles. The second-order valence-electron chi connectivity index (χ2n) is 3.43. The van der Waals surface area contributed by atoms with E-state index >= 15 is 0 Å². The molecule has 0 heterocycles. The van der Waals surface area contributed by atoms with Crippen LogP contribution < -0.4 is 10.1 Å². The van der Waals surface area contributed by atoms with Crippen LogP contribution in [0, 0.1) is 17.1 Å². The molecule has 1 aromatic carbocycles. The molecule has 0 aliphatic heterocycles. The molecule has 4 nitrogen and oxygen atoms in total. The van der Waals surface area contributed by atoms with Crippen molar-refractivity contribution < 1.29 is 27.1 Å². The van der Waals surface area contributed by atoms with Crippen LogP contribution in [0.4, 0.5) is 17.6 Å². The SMILES string of the molecule is N#Cc1ccc(OCC(=O)NCC(F)(F)F)cc1F. The second kappa shape index (κ2) is 6.04. The summed E-state index contributed by atoms with van der Waals surface area (Å²) in [6, 6.07) is 4.83. The Morgan fingerprint density at radius 2 is 2.11 bits per heavy atom. The van der Waals surface area contributed by atoms with Crippen molar-refractivity contribution in [1.82, 2.24) is 5.32 Å². The largest absolute Gasteiger partial charge is 0.484 e. The van der Waals surface area contributed by atoms with Crippen molar-refractivity contribution in [2.24, 2.45) is 0 Å². The molecule has 0 saturated carbocycles. The van der Waals surface area contributed by atoms with Crippen LogP contribution in [0.15, 0.2) is 18.2 Å². The lowest BCUT2D eigenvalue weighted by molar-refractivity contribution is -0.139. The number of nitriles is 1. The number of ether oxygens (including phenoxy) is 1. The van der Waals surface area contributed by atoms with Crippen LogP contribution >= 0.6 is 0 Å². The molecule has 0 radical (unpaired) electrons. The topological polar surface area (TPSA) is 62.1 Å². The molecule has 19 heavy (non-hydrogen) atoms. The summed E-state index contributed by atoms with van der Waals surface area (Å²) in [5.74, 6) is -1.88. The van der Waals surface area contributed by atoms with Crippen LogP contribution in [-0.2, 0) is 4.79 Å². The molecule has 0 aliphatic carbocycles. The van der Waals surface area contributed by atoms with E-state index in [0.717, 1.165) is 12.1 Å². The number of carbonyl (C=O) groups is 1. The lowest BCUT2D eigenvalue weighted by Gasteiger charge is -2.09. The third-order valence-corrected chi connectivity index (χ3v) is 1.92. The van der Waals surface area contributed by atoms with Crippen LogP contribution in [0.1, 0.15) is 5.56 Å². The van der Waals surface area contributed by atoms with E-state index in [0.29, 0.717) is 0 Å². The molecule has 0 spiro atoms. The Balaban J connectivity index is 2.47. The molecule has 0 unspecified atom stereocenters. The number of hydrogen-bond donors (Lipinski definition) is 1. The fourth-order valence-electron chi connectivity index (χ4n) is 1.08. The van der Waals surface area contributed by atoms with E-state index in [9.17, 15) is 22.4 Å². The first-order chi connectivity index (χ1) is 8.81. The van der Waals surface area contributed by atoms with Gasteiger partial charge in [0.1, 0.15) is 24.2 Å². The molecule has 8 heteroatoms. The number of nitrogens with zero attached hydrogens (tertiary/aromatic N) is 1. The van der Waals surface area contributed by atoms with Crippen molar-refractivity contribution in [3.63, 3.8) is 0 Å². The highest BCUT2D eigenvalue weighted by molar-refractivity contribution is 5.77. The van der Waals surface area contributed by atoms with Gasteiger partial charge in [0, 0.05) is 6.07 Å². The summed E-state index contributed by atoms with van der Waals surface area (Å²) in [6.45, 7) is -2.14. The summed E-state index contributed by atoms with van der Waals surface area (Å²) in [7, 11) is 0. The van der Waals surface area contributed by atoms with Gasteiger partial charge in [0.15, 0.2) is 6.61 Å². The lowest BCUT2D eigenvalue weighted by Crippen LogP contribution is -2.36. The predicted octanol–water partition coefficient (Wildman–Crippen LogP) is 1.75. The summed E-state index contributed by atoms with van der Waals surface area (Å²) in [4.78, 5) is 11.0. The maximum Gasteiger partial charge on any atom is 0.405 e.